The molecule has 1 aliphatic heterocycles. The van der Waals surface area contributed by atoms with Crippen LogP contribution in [-0.2, 0) is 11.3 Å². The van der Waals surface area contributed by atoms with Crippen LogP contribution in [0.25, 0.3) is 11.8 Å². The molecule has 1 saturated heterocycles. The van der Waals surface area contributed by atoms with Crippen molar-refractivity contribution >= 4 is 63.2 Å². The fourth-order valence-corrected chi connectivity index (χ4v) is 5.05. The number of carbonyl (C=O) groups is 2. The number of hydrogen-bond donors (Lipinski definition) is 0. The van der Waals surface area contributed by atoms with Gasteiger partial charge in [0.1, 0.15) is 0 Å². The van der Waals surface area contributed by atoms with E-state index in [0.717, 1.165) is 49.1 Å². The van der Waals surface area contributed by atoms with E-state index in [1.54, 1.807) is 0 Å². The summed E-state index contributed by atoms with van der Waals surface area (Å²) in [6.07, 6.45) is 1.82. The summed E-state index contributed by atoms with van der Waals surface area (Å²) >= 11 is 9.54. The minimum absolute atomic E-state index is 0.241. The van der Waals surface area contributed by atoms with Crippen molar-refractivity contribution < 1.29 is 9.59 Å². The van der Waals surface area contributed by atoms with Crippen LogP contribution in [0.15, 0.2) is 53.4 Å². The van der Waals surface area contributed by atoms with Crippen LogP contribution in [-0.4, -0.2) is 20.6 Å². The number of imide groups is 1. The van der Waals surface area contributed by atoms with Gasteiger partial charge in [-0.2, -0.15) is 0 Å². The molecule has 7 heteroatoms. The molecule has 31 heavy (non-hydrogen) atoms. The van der Waals surface area contributed by atoms with E-state index in [1.165, 1.54) is 4.90 Å². The summed E-state index contributed by atoms with van der Waals surface area (Å²) in [5.74, 6) is -0.253. The second kappa shape index (κ2) is 8.84. The average Bonchev–Trinajstić information content (AvgIpc) is 3.15. The van der Waals surface area contributed by atoms with Gasteiger partial charge in [0.05, 0.1) is 11.4 Å². The normalized spacial score (nSPS) is 15.4. The number of halogens is 2. The molecule has 0 atom stereocenters. The first kappa shape index (κ1) is 22.2. The monoisotopic (exact) mass is 562 g/mol. The SMILES string of the molecule is Cc1c(Cl)cccc1-n1c(C)cc(/C=C2\SC(=O)N(Cc3ccc(I)cc3)C2=O)c1C. The molecule has 1 aliphatic rings. The Morgan fingerprint density at radius 2 is 1.77 bits per heavy atom. The second-order valence-electron chi connectivity index (χ2n) is 7.44. The zero-order valence-corrected chi connectivity index (χ0v) is 21.0. The van der Waals surface area contributed by atoms with Gasteiger partial charge >= 0.3 is 0 Å². The topological polar surface area (TPSA) is 42.3 Å². The largest absolute Gasteiger partial charge is 0.318 e. The van der Waals surface area contributed by atoms with Gasteiger partial charge in [0.15, 0.2) is 0 Å². The van der Waals surface area contributed by atoms with E-state index in [-0.39, 0.29) is 17.7 Å². The van der Waals surface area contributed by atoms with Crippen molar-refractivity contribution in [1.82, 2.24) is 9.47 Å². The number of carbonyl (C=O) groups excluding carboxylic acids is 2. The third kappa shape index (κ3) is 4.33. The Balaban J connectivity index is 1.65. The van der Waals surface area contributed by atoms with Crippen LogP contribution in [0.2, 0.25) is 5.02 Å². The van der Waals surface area contributed by atoms with Gasteiger partial charge in [-0.3, -0.25) is 14.5 Å². The van der Waals surface area contributed by atoms with Crippen LogP contribution in [0.1, 0.15) is 28.1 Å². The van der Waals surface area contributed by atoms with Crippen molar-refractivity contribution in [3.05, 3.63) is 90.1 Å². The smallest absolute Gasteiger partial charge is 0.293 e. The molecule has 0 bridgehead atoms. The van der Waals surface area contributed by atoms with E-state index in [0.29, 0.717) is 9.93 Å². The highest BCUT2D eigenvalue weighted by Gasteiger charge is 2.35. The molecular formula is C24H20ClIN2O2S. The van der Waals surface area contributed by atoms with Crippen LogP contribution in [0.5, 0.6) is 0 Å². The molecule has 1 aromatic heterocycles. The number of rotatable bonds is 4. The first-order chi connectivity index (χ1) is 14.8. The van der Waals surface area contributed by atoms with E-state index in [9.17, 15) is 9.59 Å². The molecule has 0 spiro atoms. The first-order valence-electron chi connectivity index (χ1n) is 9.70. The number of aromatic nitrogens is 1. The molecule has 4 rings (SSSR count). The average molecular weight is 563 g/mol. The molecule has 0 saturated carbocycles. The Morgan fingerprint density at radius 3 is 2.48 bits per heavy atom. The third-order valence-corrected chi connectivity index (χ3v) is 7.40. The molecule has 0 aliphatic carbocycles. The lowest BCUT2D eigenvalue weighted by atomic mass is 10.2. The van der Waals surface area contributed by atoms with Gasteiger partial charge in [0, 0.05) is 25.7 Å². The number of aryl methyl sites for hydroxylation is 1. The number of hydrogen-bond acceptors (Lipinski definition) is 3. The van der Waals surface area contributed by atoms with Crippen molar-refractivity contribution in [2.75, 3.05) is 0 Å². The molecule has 3 aromatic rings. The van der Waals surface area contributed by atoms with E-state index in [1.807, 2.05) is 75.4 Å². The van der Waals surface area contributed by atoms with E-state index in [2.05, 4.69) is 27.2 Å². The zero-order chi connectivity index (χ0) is 22.3. The van der Waals surface area contributed by atoms with Crippen LogP contribution in [0.4, 0.5) is 4.79 Å². The lowest BCUT2D eigenvalue weighted by Crippen LogP contribution is -2.27. The van der Waals surface area contributed by atoms with Crippen LogP contribution in [0.3, 0.4) is 0 Å². The van der Waals surface area contributed by atoms with Crippen molar-refractivity contribution in [3.63, 3.8) is 0 Å². The van der Waals surface area contributed by atoms with Gasteiger partial charge in [-0.15, -0.1) is 0 Å². The van der Waals surface area contributed by atoms with Crippen molar-refractivity contribution in [3.8, 4) is 5.69 Å². The molecule has 2 heterocycles. The summed E-state index contributed by atoms with van der Waals surface area (Å²) in [7, 11) is 0. The number of thioether (sulfide) groups is 1. The lowest BCUT2D eigenvalue weighted by Gasteiger charge is -2.13. The van der Waals surface area contributed by atoms with Gasteiger partial charge in [-0.1, -0.05) is 29.8 Å². The predicted octanol–water partition coefficient (Wildman–Crippen LogP) is 6.90. The highest BCUT2D eigenvalue weighted by molar-refractivity contribution is 14.1. The standard InChI is InChI=1S/C24H20ClIN2O2S/c1-14-11-18(16(3)28(14)21-6-4-5-20(25)15(21)2)12-22-23(29)27(24(30)31-22)13-17-7-9-19(26)10-8-17/h4-12H,13H2,1-3H3/b22-12-. The Kier molecular flexibility index (Phi) is 6.32. The molecule has 0 radical (unpaired) electrons. The summed E-state index contributed by atoms with van der Waals surface area (Å²) in [5.41, 5.74) is 5.87. The number of benzene rings is 2. The summed E-state index contributed by atoms with van der Waals surface area (Å²) in [4.78, 5) is 27.2. The molecule has 0 unspecified atom stereocenters. The quantitative estimate of drug-likeness (QED) is 0.257. The molecule has 2 amide bonds. The van der Waals surface area contributed by atoms with Crippen molar-refractivity contribution in [1.29, 1.82) is 0 Å². The lowest BCUT2D eigenvalue weighted by molar-refractivity contribution is -0.123. The maximum Gasteiger partial charge on any atom is 0.293 e. The third-order valence-electron chi connectivity index (χ3n) is 5.36. The first-order valence-corrected chi connectivity index (χ1v) is 12.0. The molecule has 158 valence electrons. The fourth-order valence-electron chi connectivity index (χ4n) is 3.69. The van der Waals surface area contributed by atoms with Gasteiger partial charge in [-0.25, -0.2) is 0 Å². The zero-order valence-electron chi connectivity index (χ0n) is 17.3. The predicted molar refractivity (Wildman–Crippen MR) is 136 cm³/mol. The Bertz CT molecular complexity index is 1230. The Morgan fingerprint density at radius 1 is 1.06 bits per heavy atom. The summed E-state index contributed by atoms with van der Waals surface area (Å²) in [6, 6.07) is 15.7. The van der Waals surface area contributed by atoms with Crippen LogP contribution < -0.4 is 0 Å². The van der Waals surface area contributed by atoms with Crippen molar-refractivity contribution in [2.24, 2.45) is 0 Å². The second-order valence-corrected chi connectivity index (χ2v) is 10.1. The molecule has 1 fully saturated rings. The minimum Gasteiger partial charge on any atom is -0.318 e. The van der Waals surface area contributed by atoms with Gasteiger partial charge in [-0.05, 0) is 108 Å². The van der Waals surface area contributed by atoms with Gasteiger partial charge in [0.25, 0.3) is 11.1 Å². The van der Waals surface area contributed by atoms with Gasteiger partial charge in [0.2, 0.25) is 0 Å². The molecule has 4 nitrogen and oxygen atoms in total. The maximum atomic E-state index is 13.0. The summed E-state index contributed by atoms with van der Waals surface area (Å²) < 4.78 is 3.24. The highest BCUT2D eigenvalue weighted by atomic mass is 127. The number of amides is 2. The molecular weight excluding hydrogens is 543 g/mol. The fraction of sp³-hybridized carbons (Fsp3) is 0.167. The minimum atomic E-state index is -0.253. The van der Waals surface area contributed by atoms with E-state index >= 15 is 0 Å². The Labute approximate surface area is 204 Å². The van der Waals surface area contributed by atoms with Crippen molar-refractivity contribution in [2.45, 2.75) is 27.3 Å². The number of nitrogens with zero attached hydrogens (tertiary/aromatic N) is 2. The Hall–Kier alpha value is -2.03. The summed E-state index contributed by atoms with van der Waals surface area (Å²) in [6.45, 7) is 6.30. The maximum absolute atomic E-state index is 13.0. The molecule has 0 N–H and O–H groups in total. The van der Waals surface area contributed by atoms with Gasteiger partial charge < -0.3 is 4.57 Å². The van der Waals surface area contributed by atoms with E-state index < -0.39 is 0 Å². The van der Waals surface area contributed by atoms with Crippen LogP contribution >= 0.6 is 46.0 Å². The highest BCUT2D eigenvalue weighted by Crippen LogP contribution is 2.35. The van der Waals surface area contributed by atoms with Crippen LogP contribution in [0, 0.1) is 24.3 Å². The summed E-state index contributed by atoms with van der Waals surface area (Å²) in [5, 5.41) is 0.470. The van der Waals surface area contributed by atoms with E-state index in [4.69, 9.17) is 11.6 Å². The molecule has 2 aromatic carbocycles.